The Morgan fingerprint density at radius 2 is 1.74 bits per heavy atom. The fraction of sp³-hybridized carbons (Fsp3) is 0.105. The van der Waals surface area contributed by atoms with E-state index in [1.165, 1.54) is 43.2 Å². The van der Waals surface area contributed by atoms with Gasteiger partial charge in [-0.15, -0.1) is 0 Å². The second-order valence-corrected chi connectivity index (χ2v) is 8.11. The molecule has 0 spiro atoms. The van der Waals surface area contributed by atoms with Gasteiger partial charge in [0.2, 0.25) is 0 Å². The third kappa shape index (κ3) is 4.71. The van der Waals surface area contributed by atoms with Crippen LogP contribution in [0.15, 0.2) is 65.7 Å². The molecular formula is C19H19N5O6S. The predicted molar refractivity (Wildman–Crippen MR) is 109 cm³/mol. The van der Waals surface area contributed by atoms with E-state index in [0.29, 0.717) is 10.2 Å². The molecule has 0 aliphatic heterocycles. The quantitative estimate of drug-likeness (QED) is 0.477. The SMILES string of the molecule is CON(C)S(=O)(=O)c1cccc(C(=O)NNC(=O)c2nn(-c3ccccc3)cc2O)c1. The molecule has 1 aromatic heterocycles. The molecule has 11 nitrogen and oxygen atoms in total. The molecule has 0 atom stereocenters. The van der Waals surface area contributed by atoms with Crippen molar-refractivity contribution in [3.8, 4) is 11.4 Å². The first-order chi connectivity index (χ1) is 14.7. The summed E-state index contributed by atoms with van der Waals surface area (Å²) in [6, 6.07) is 14.0. The first-order valence-electron chi connectivity index (χ1n) is 8.82. The summed E-state index contributed by atoms with van der Waals surface area (Å²) in [5.41, 5.74) is 4.59. The normalized spacial score (nSPS) is 11.3. The van der Waals surface area contributed by atoms with Gasteiger partial charge >= 0.3 is 0 Å². The molecule has 0 fully saturated rings. The molecule has 2 amide bonds. The van der Waals surface area contributed by atoms with Crippen molar-refractivity contribution < 1.29 is 28.0 Å². The maximum absolute atomic E-state index is 12.4. The van der Waals surface area contributed by atoms with Crippen molar-refractivity contribution in [3.05, 3.63) is 72.1 Å². The smallest absolute Gasteiger partial charge is 0.294 e. The molecule has 0 saturated carbocycles. The Hall–Kier alpha value is -3.74. The summed E-state index contributed by atoms with van der Waals surface area (Å²) in [4.78, 5) is 29.2. The van der Waals surface area contributed by atoms with E-state index >= 15 is 0 Å². The van der Waals surface area contributed by atoms with Crippen LogP contribution < -0.4 is 10.9 Å². The van der Waals surface area contributed by atoms with E-state index in [0.717, 1.165) is 6.07 Å². The number of benzene rings is 2. The van der Waals surface area contributed by atoms with Crippen LogP contribution in [-0.4, -0.2) is 53.7 Å². The van der Waals surface area contributed by atoms with E-state index in [1.807, 2.05) is 6.07 Å². The number of nitrogens with zero attached hydrogens (tertiary/aromatic N) is 3. The van der Waals surface area contributed by atoms with Crippen molar-refractivity contribution in [2.24, 2.45) is 0 Å². The predicted octanol–water partition coefficient (Wildman–Crippen LogP) is 0.835. The summed E-state index contributed by atoms with van der Waals surface area (Å²) in [7, 11) is -1.55. The van der Waals surface area contributed by atoms with Crippen LogP contribution in [0.3, 0.4) is 0 Å². The first-order valence-corrected chi connectivity index (χ1v) is 10.3. The molecule has 0 radical (unpaired) electrons. The number of carbonyl (C=O) groups excluding carboxylic acids is 2. The lowest BCUT2D eigenvalue weighted by Crippen LogP contribution is -2.42. The van der Waals surface area contributed by atoms with Crippen molar-refractivity contribution in [2.45, 2.75) is 4.90 Å². The molecular weight excluding hydrogens is 426 g/mol. The number of hydroxylamine groups is 1. The number of amides is 2. The van der Waals surface area contributed by atoms with Gasteiger partial charge in [-0.2, -0.15) is 5.10 Å². The molecule has 31 heavy (non-hydrogen) atoms. The minimum atomic E-state index is -3.95. The number of para-hydroxylation sites is 1. The van der Waals surface area contributed by atoms with E-state index in [1.54, 1.807) is 24.3 Å². The molecule has 0 bridgehead atoms. The Bertz CT molecular complexity index is 1210. The molecule has 0 saturated heterocycles. The second kappa shape index (κ2) is 8.95. The highest BCUT2D eigenvalue weighted by atomic mass is 32.2. The van der Waals surface area contributed by atoms with Gasteiger partial charge in [-0.05, 0) is 30.3 Å². The summed E-state index contributed by atoms with van der Waals surface area (Å²) in [5, 5.41) is 14.0. The third-order valence-electron chi connectivity index (χ3n) is 4.21. The Morgan fingerprint density at radius 1 is 1.06 bits per heavy atom. The Kier molecular flexibility index (Phi) is 6.34. The number of aromatic nitrogens is 2. The lowest BCUT2D eigenvalue weighted by Gasteiger charge is -2.14. The molecule has 0 unspecified atom stereocenters. The van der Waals surface area contributed by atoms with Gasteiger partial charge in [0.15, 0.2) is 11.4 Å². The highest BCUT2D eigenvalue weighted by Gasteiger charge is 2.22. The van der Waals surface area contributed by atoms with E-state index in [2.05, 4.69) is 16.0 Å². The average molecular weight is 445 g/mol. The molecule has 0 aliphatic carbocycles. The van der Waals surface area contributed by atoms with Crippen molar-refractivity contribution >= 4 is 21.8 Å². The summed E-state index contributed by atoms with van der Waals surface area (Å²) in [6.07, 6.45) is 1.26. The van der Waals surface area contributed by atoms with Crippen LogP contribution in [0.1, 0.15) is 20.8 Å². The Labute approximate surface area is 177 Å². The Balaban J connectivity index is 1.71. The standard InChI is InChI=1S/C19H19N5O6S/c1-23(30-2)31(28,29)15-10-6-7-13(11-15)18(26)20-21-19(27)17-16(25)12-24(22-17)14-8-4-3-5-9-14/h3-12,25H,1-2H3,(H,20,26)(H,21,27). The van der Waals surface area contributed by atoms with Crippen LogP contribution >= 0.6 is 0 Å². The topological polar surface area (TPSA) is 143 Å². The monoisotopic (exact) mass is 445 g/mol. The zero-order valence-corrected chi connectivity index (χ0v) is 17.3. The van der Waals surface area contributed by atoms with Crippen molar-refractivity contribution in [1.82, 2.24) is 25.1 Å². The summed E-state index contributed by atoms with van der Waals surface area (Å²) in [6.45, 7) is 0. The van der Waals surface area contributed by atoms with Gasteiger partial charge in [-0.1, -0.05) is 28.7 Å². The van der Waals surface area contributed by atoms with E-state index < -0.39 is 21.8 Å². The maximum atomic E-state index is 12.4. The van der Waals surface area contributed by atoms with Crippen molar-refractivity contribution in [1.29, 1.82) is 0 Å². The molecule has 3 N–H and O–H groups in total. The van der Waals surface area contributed by atoms with Crippen LogP contribution in [-0.2, 0) is 14.9 Å². The average Bonchev–Trinajstić information content (AvgIpc) is 3.19. The number of nitrogens with one attached hydrogen (secondary N) is 2. The van der Waals surface area contributed by atoms with Crippen molar-refractivity contribution in [3.63, 3.8) is 0 Å². The fourth-order valence-electron chi connectivity index (χ4n) is 2.53. The van der Waals surface area contributed by atoms with Crippen LogP contribution in [0.4, 0.5) is 0 Å². The van der Waals surface area contributed by atoms with E-state index in [4.69, 9.17) is 4.84 Å². The Morgan fingerprint density at radius 3 is 2.42 bits per heavy atom. The minimum Gasteiger partial charge on any atom is -0.504 e. The lowest BCUT2D eigenvalue weighted by atomic mass is 10.2. The molecule has 3 aromatic rings. The summed E-state index contributed by atoms with van der Waals surface area (Å²) >= 11 is 0. The molecule has 2 aromatic carbocycles. The zero-order valence-electron chi connectivity index (χ0n) is 16.5. The van der Waals surface area contributed by atoms with Gasteiger partial charge < -0.3 is 5.11 Å². The van der Waals surface area contributed by atoms with Gasteiger partial charge in [0, 0.05) is 12.6 Å². The fourth-order valence-corrected chi connectivity index (χ4v) is 3.55. The molecule has 3 rings (SSSR count). The lowest BCUT2D eigenvalue weighted by molar-refractivity contribution is -0.0258. The molecule has 12 heteroatoms. The number of carbonyl (C=O) groups is 2. The van der Waals surface area contributed by atoms with Crippen LogP contribution in [0.25, 0.3) is 5.69 Å². The van der Waals surface area contributed by atoms with Gasteiger partial charge in [0.05, 0.1) is 23.9 Å². The largest absolute Gasteiger partial charge is 0.504 e. The van der Waals surface area contributed by atoms with Gasteiger partial charge in [-0.3, -0.25) is 25.3 Å². The number of hydrogen-bond donors (Lipinski definition) is 3. The maximum Gasteiger partial charge on any atom is 0.294 e. The van der Waals surface area contributed by atoms with Gasteiger partial charge in [-0.25, -0.2) is 13.1 Å². The van der Waals surface area contributed by atoms with Gasteiger partial charge in [0.25, 0.3) is 21.8 Å². The minimum absolute atomic E-state index is 0.0232. The number of hydrazine groups is 1. The number of sulfonamides is 1. The third-order valence-corrected chi connectivity index (χ3v) is 5.89. The number of aromatic hydroxyl groups is 1. The van der Waals surface area contributed by atoms with Gasteiger partial charge in [0.1, 0.15) is 0 Å². The summed E-state index contributed by atoms with van der Waals surface area (Å²) < 4.78 is 26.6. The number of rotatable bonds is 6. The second-order valence-electron chi connectivity index (χ2n) is 6.18. The summed E-state index contributed by atoms with van der Waals surface area (Å²) in [5.74, 6) is -2.01. The molecule has 1 heterocycles. The van der Waals surface area contributed by atoms with Crippen molar-refractivity contribution in [2.75, 3.05) is 14.2 Å². The first kappa shape index (κ1) is 22.0. The molecule has 162 valence electrons. The van der Waals surface area contributed by atoms with Crippen LogP contribution in [0.2, 0.25) is 0 Å². The number of hydrogen-bond acceptors (Lipinski definition) is 7. The molecule has 0 aliphatic rings. The zero-order chi connectivity index (χ0) is 22.6. The van der Waals surface area contributed by atoms with Crippen LogP contribution in [0, 0.1) is 0 Å². The van der Waals surface area contributed by atoms with Crippen LogP contribution in [0.5, 0.6) is 5.75 Å². The van der Waals surface area contributed by atoms with E-state index in [-0.39, 0.29) is 21.9 Å². The van der Waals surface area contributed by atoms with E-state index in [9.17, 15) is 23.1 Å². The highest BCUT2D eigenvalue weighted by molar-refractivity contribution is 7.89. The highest BCUT2D eigenvalue weighted by Crippen LogP contribution is 2.18.